The Bertz CT molecular complexity index is 310. The number of nitrogen functional groups attached to an aromatic ring is 1. The quantitative estimate of drug-likeness (QED) is 0.719. The van der Waals surface area contributed by atoms with Gasteiger partial charge in [-0.1, -0.05) is 0 Å². The fraction of sp³-hybridized carbons (Fsp3) is 0.700. The van der Waals surface area contributed by atoms with Crippen LogP contribution in [0.3, 0.4) is 0 Å². The van der Waals surface area contributed by atoms with Crippen LogP contribution in [0.1, 0.15) is 24.3 Å². The molecule has 78 valence electrons. The van der Waals surface area contributed by atoms with Gasteiger partial charge < -0.3 is 10.6 Å². The van der Waals surface area contributed by atoms with Crippen LogP contribution in [0.4, 0.5) is 5.82 Å². The maximum absolute atomic E-state index is 5.95. The normalized spacial score (nSPS) is 20.1. The van der Waals surface area contributed by atoms with Crippen molar-refractivity contribution in [3.8, 4) is 0 Å². The van der Waals surface area contributed by atoms with Crippen LogP contribution >= 0.6 is 0 Å². The fourth-order valence-corrected chi connectivity index (χ4v) is 2.10. The Morgan fingerprint density at radius 3 is 2.50 bits per heavy atom. The maximum atomic E-state index is 5.95. The number of anilines is 1. The molecule has 1 aliphatic heterocycles. The molecule has 2 rings (SSSR count). The van der Waals surface area contributed by atoms with E-state index in [9.17, 15) is 0 Å². The van der Waals surface area contributed by atoms with Crippen LogP contribution in [-0.2, 0) is 7.05 Å². The van der Waals surface area contributed by atoms with E-state index >= 15 is 0 Å². The maximum Gasteiger partial charge on any atom is 0.124 e. The summed E-state index contributed by atoms with van der Waals surface area (Å²) in [5, 5.41) is 4.19. The van der Waals surface area contributed by atoms with E-state index in [1.54, 1.807) is 4.68 Å². The standard InChI is InChI=1S/C10H18N4/c1-13-5-3-8(4-6-13)9-7-12-14(2)10(9)11/h7-8H,3-6,11H2,1-2H3. The third kappa shape index (κ3) is 1.62. The van der Waals surface area contributed by atoms with Crippen LogP contribution in [0.25, 0.3) is 0 Å². The Morgan fingerprint density at radius 1 is 1.36 bits per heavy atom. The molecule has 0 spiro atoms. The van der Waals surface area contributed by atoms with E-state index < -0.39 is 0 Å². The molecule has 1 aliphatic rings. The Kier molecular flexibility index (Phi) is 2.46. The summed E-state index contributed by atoms with van der Waals surface area (Å²) >= 11 is 0. The number of hydrogen-bond acceptors (Lipinski definition) is 3. The summed E-state index contributed by atoms with van der Waals surface area (Å²) in [6.07, 6.45) is 4.32. The van der Waals surface area contributed by atoms with E-state index in [4.69, 9.17) is 5.73 Å². The van der Waals surface area contributed by atoms with Gasteiger partial charge in [-0.2, -0.15) is 5.10 Å². The molecule has 4 nitrogen and oxygen atoms in total. The van der Waals surface area contributed by atoms with Crippen molar-refractivity contribution in [2.75, 3.05) is 25.9 Å². The van der Waals surface area contributed by atoms with Crippen LogP contribution in [-0.4, -0.2) is 34.8 Å². The number of rotatable bonds is 1. The first-order valence-electron chi connectivity index (χ1n) is 5.14. The van der Waals surface area contributed by atoms with Gasteiger partial charge in [-0.05, 0) is 38.9 Å². The Morgan fingerprint density at radius 2 is 2.00 bits per heavy atom. The van der Waals surface area contributed by atoms with Crippen molar-refractivity contribution in [2.45, 2.75) is 18.8 Å². The second-order valence-corrected chi connectivity index (χ2v) is 4.19. The summed E-state index contributed by atoms with van der Waals surface area (Å²) in [7, 11) is 4.07. The van der Waals surface area contributed by atoms with Crippen LogP contribution in [0.5, 0.6) is 0 Å². The Hall–Kier alpha value is -1.03. The number of hydrogen-bond donors (Lipinski definition) is 1. The first kappa shape index (κ1) is 9.52. The predicted molar refractivity (Wildman–Crippen MR) is 57.1 cm³/mol. The molecule has 0 aromatic carbocycles. The van der Waals surface area contributed by atoms with Crippen molar-refractivity contribution >= 4 is 5.82 Å². The van der Waals surface area contributed by atoms with E-state index in [1.807, 2.05) is 13.2 Å². The summed E-state index contributed by atoms with van der Waals surface area (Å²) in [6.45, 7) is 2.33. The number of aromatic nitrogens is 2. The third-order valence-electron chi connectivity index (χ3n) is 3.17. The summed E-state index contributed by atoms with van der Waals surface area (Å²) in [5.74, 6) is 1.44. The van der Waals surface area contributed by atoms with Crippen LogP contribution in [0.15, 0.2) is 6.20 Å². The second-order valence-electron chi connectivity index (χ2n) is 4.19. The molecule has 0 saturated carbocycles. The first-order chi connectivity index (χ1) is 6.68. The van der Waals surface area contributed by atoms with Crippen molar-refractivity contribution in [2.24, 2.45) is 7.05 Å². The van der Waals surface area contributed by atoms with Crippen molar-refractivity contribution in [1.82, 2.24) is 14.7 Å². The largest absolute Gasteiger partial charge is 0.384 e. The molecule has 0 radical (unpaired) electrons. The highest BCUT2D eigenvalue weighted by molar-refractivity contribution is 5.41. The summed E-state index contributed by atoms with van der Waals surface area (Å²) in [6, 6.07) is 0. The summed E-state index contributed by atoms with van der Waals surface area (Å²) < 4.78 is 1.76. The molecule has 1 saturated heterocycles. The average molecular weight is 194 g/mol. The second kappa shape index (κ2) is 3.61. The van der Waals surface area contributed by atoms with Crippen LogP contribution in [0.2, 0.25) is 0 Å². The minimum atomic E-state index is 0.611. The lowest BCUT2D eigenvalue weighted by Gasteiger charge is -2.28. The molecule has 2 N–H and O–H groups in total. The van der Waals surface area contributed by atoms with Crippen molar-refractivity contribution < 1.29 is 0 Å². The average Bonchev–Trinajstić information content (AvgIpc) is 2.50. The monoisotopic (exact) mass is 194 g/mol. The number of nitrogens with two attached hydrogens (primary N) is 1. The van der Waals surface area contributed by atoms with E-state index in [2.05, 4.69) is 17.0 Å². The van der Waals surface area contributed by atoms with Crippen molar-refractivity contribution in [3.05, 3.63) is 11.8 Å². The Labute approximate surface area is 84.7 Å². The number of likely N-dealkylation sites (tertiary alicyclic amines) is 1. The van der Waals surface area contributed by atoms with Crippen molar-refractivity contribution in [3.63, 3.8) is 0 Å². The molecule has 4 heteroatoms. The van der Waals surface area contributed by atoms with Crippen molar-refractivity contribution in [1.29, 1.82) is 0 Å². The van der Waals surface area contributed by atoms with Gasteiger partial charge in [0.1, 0.15) is 5.82 Å². The molecule has 0 bridgehead atoms. The lowest BCUT2D eigenvalue weighted by Crippen LogP contribution is -2.29. The molecule has 0 aliphatic carbocycles. The molecule has 1 aromatic rings. The minimum absolute atomic E-state index is 0.611. The van der Waals surface area contributed by atoms with E-state index in [0.717, 1.165) is 5.82 Å². The zero-order valence-corrected chi connectivity index (χ0v) is 8.90. The highest BCUT2D eigenvalue weighted by Gasteiger charge is 2.21. The van der Waals surface area contributed by atoms with Gasteiger partial charge in [0.2, 0.25) is 0 Å². The minimum Gasteiger partial charge on any atom is -0.384 e. The zero-order valence-electron chi connectivity index (χ0n) is 8.90. The molecule has 0 amide bonds. The number of aryl methyl sites for hydroxylation is 1. The SMILES string of the molecule is CN1CCC(c2cnn(C)c2N)CC1. The molecule has 1 aromatic heterocycles. The molecule has 2 heterocycles. The summed E-state index contributed by atoms with van der Waals surface area (Å²) in [4.78, 5) is 2.36. The van der Waals surface area contributed by atoms with E-state index in [-0.39, 0.29) is 0 Å². The molecule has 14 heavy (non-hydrogen) atoms. The van der Waals surface area contributed by atoms with Gasteiger partial charge >= 0.3 is 0 Å². The van der Waals surface area contributed by atoms with Crippen LogP contribution in [0, 0.1) is 0 Å². The van der Waals surface area contributed by atoms with Gasteiger partial charge in [-0.25, -0.2) is 0 Å². The lowest BCUT2D eigenvalue weighted by atomic mass is 9.91. The predicted octanol–water partition coefficient (Wildman–Crippen LogP) is 0.811. The van der Waals surface area contributed by atoms with Gasteiger partial charge in [0, 0.05) is 12.6 Å². The Balaban J connectivity index is 2.12. The van der Waals surface area contributed by atoms with E-state index in [0.29, 0.717) is 5.92 Å². The topological polar surface area (TPSA) is 47.1 Å². The van der Waals surface area contributed by atoms with Gasteiger partial charge in [-0.3, -0.25) is 4.68 Å². The van der Waals surface area contributed by atoms with Crippen LogP contribution < -0.4 is 5.73 Å². The molecule has 0 unspecified atom stereocenters. The van der Waals surface area contributed by atoms with Gasteiger partial charge in [-0.15, -0.1) is 0 Å². The number of piperidine rings is 1. The summed E-state index contributed by atoms with van der Waals surface area (Å²) in [5.41, 5.74) is 7.19. The van der Waals surface area contributed by atoms with Gasteiger partial charge in [0.15, 0.2) is 0 Å². The molecular weight excluding hydrogens is 176 g/mol. The zero-order chi connectivity index (χ0) is 10.1. The van der Waals surface area contributed by atoms with Gasteiger partial charge in [0.05, 0.1) is 6.20 Å². The van der Waals surface area contributed by atoms with Gasteiger partial charge in [0.25, 0.3) is 0 Å². The lowest BCUT2D eigenvalue weighted by molar-refractivity contribution is 0.255. The fourth-order valence-electron chi connectivity index (χ4n) is 2.10. The molecular formula is C10H18N4. The smallest absolute Gasteiger partial charge is 0.124 e. The third-order valence-corrected chi connectivity index (χ3v) is 3.17. The highest BCUT2D eigenvalue weighted by Crippen LogP contribution is 2.30. The molecule has 0 atom stereocenters. The first-order valence-corrected chi connectivity index (χ1v) is 5.14. The molecule has 1 fully saturated rings. The highest BCUT2D eigenvalue weighted by atomic mass is 15.3. The number of nitrogens with zero attached hydrogens (tertiary/aromatic N) is 3. The van der Waals surface area contributed by atoms with E-state index in [1.165, 1.54) is 31.5 Å².